The van der Waals surface area contributed by atoms with Gasteiger partial charge in [-0.1, -0.05) is 37.1 Å². The molecular formula is C20H38O3. The summed E-state index contributed by atoms with van der Waals surface area (Å²) in [7, 11) is 0. The van der Waals surface area contributed by atoms with Crippen molar-refractivity contribution >= 4 is 0 Å². The molecule has 0 saturated carbocycles. The van der Waals surface area contributed by atoms with Crippen molar-refractivity contribution in [3.8, 4) is 0 Å². The van der Waals surface area contributed by atoms with Gasteiger partial charge in [0.25, 0.3) is 0 Å². The summed E-state index contributed by atoms with van der Waals surface area (Å²) in [5, 5.41) is 9.83. The van der Waals surface area contributed by atoms with Crippen LogP contribution in [0, 0.1) is 11.8 Å². The van der Waals surface area contributed by atoms with Crippen LogP contribution in [0.3, 0.4) is 0 Å². The molecule has 0 aromatic heterocycles. The zero-order valence-electron chi connectivity index (χ0n) is 16.1. The number of rotatable bonds is 13. The Balaban J connectivity index is 3.64. The number of hydrogen-bond donors (Lipinski definition) is 1. The highest BCUT2D eigenvalue weighted by atomic mass is 17.2. The van der Waals surface area contributed by atoms with Gasteiger partial charge in [-0.3, -0.25) is 0 Å². The van der Waals surface area contributed by atoms with E-state index in [1.165, 1.54) is 17.6 Å². The van der Waals surface area contributed by atoms with E-state index in [0.717, 1.165) is 25.7 Å². The highest BCUT2D eigenvalue weighted by molar-refractivity contribution is 4.93. The van der Waals surface area contributed by atoms with E-state index >= 15 is 0 Å². The van der Waals surface area contributed by atoms with Crippen LogP contribution in [0.4, 0.5) is 0 Å². The Hall–Kier alpha value is -0.640. The quantitative estimate of drug-likeness (QED) is 0.153. The largest absolute Gasteiger partial charge is 0.366 e. The van der Waals surface area contributed by atoms with E-state index in [4.69, 9.17) is 9.78 Å². The second-order valence-corrected chi connectivity index (χ2v) is 7.33. The van der Waals surface area contributed by atoms with Crippen molar-refractivity contribution in [2.24, 2.45) is 11.8 Å². The second kappa shape index (κ2) is 13.8. The lowest BCUT2D eigenvalue weighted by Crippen LogP contribution is -2.17. The highest BCUT2D eigenvalue weighted by Gasteiger charge is 2.11. The first-order valence-corrected chi connectivity index (χ1v) is 9.04. The van der Waals surface area contributed by atoms with E-state index in [9.17, 15) is 5.11 Å². The van der Waals surface area contributed by atoms with Crippen LogP contribution in [-0.4, -0.2) is 18.0 Å². The zero-order valence-corrected chi connectivity index (χ0v) is 16.1. The molecule has 0 rings (SSSR count). The van der Waals surface area contributed by atoms with Crippen LogP contribution in [0.5, 0.6) is 0 Å². The summed E-state index contributed by atoms with van der Waals surface area (Å²) in [6.07, 6.45) is 9.66. The summed E-state index contributed by atoms with van der Waals surface area (Å²) in [5.41, 5.74) is 2.72. The molecule has 23 heavy (non-hydrogen) atoms. The van der Waals surface area contributed by atoms with Gasteiger partial charge in [0.05, 0.1) is 6.61 Å². The molecule has 0 aromatic rings. The summed E-state index contributed by atoms with van der Waals surface area (Å²) in [4.78, 5) is 10.2. The summed E-state index contributed by atoms with van der Waals surface area (Å²) in [6, 6.07) is 0. The molecule has 0 aliphatic rings. The lowest BCUT2D eigenvalue weighted by Gasteiger charge is -2.16. The summed E-state index contributed by atoms with van der Waals surface area (Å²) in [5.74, 6) is 1.03. The van der Waals surface area contributed by atoms with Crippen molar-refractivity contribution in [3.05, 3.63) is 23.3 Å². The smallest absolute Gasteiger partial charge is 0.188 e. The average molecular weight is 327 g/mol. The topological polar surface area (TPSA) is 38.7 Å². The lowest BCUT2D eigenvalue weighted by atomic mass is 10.0. The molecule has 3 atom stereocenters. The molecule has 0 bridgehead atoms. The number of hydrogen-bond acceptors (Lipinski definition) is 3. The molecule has 1 N–H and O–H groups in total. The molecule has 0 amide bonds. The van der Waals surface area contributed by atoms with E-state index in [1.54, 1.807) is 0 Å². The third kappa shape index (κ3) is 16.0. The van der Waals surface area contributed by atoms with E-state index in [0.29, 0.717) is 24.9 Å². The van der Waals surface area contributed by atoms with Gasteiger partial charge in [-0.05, 0) is 71.6 Å². The molecule has 0 spiro atoms. The van der Waals surface area contributed by atoms with Gasteiger partial charge in [0.2, 0.25) is 0 Å². The van der Waals surface area contributed by atoms with Gasteiger partial charge >= 0.3 is 0 Å². The highest BCUT2D eigenvalue weighted by Crippen LogP contribution is 2.16. The van der Waals surface area contributed by atoms with E-state index in [1.807, 2.05) is 0 Å². The minimum atomic E-state index is -0.822. The molecule has 136 valence electrons. The first kappa shape index (κ1) is 22.4. The fraction of sp³-hybridized carbons (Fsp3) is 0.800. The van der Waals surface area contributed by atoms with Crippen LogP contribution >= 0.6 is 0 Å². The normalized spacial score (nSPS) is 14.9. The van der Waals surface area contributed by atoms with Crippen LogP contribution in [0.15, 0.2) is 23.3 Å². The molecular weight excluding hydrogens is 288 g/mol. The van der Waals surface area contributed by atoms with Gasteiger partial charge in [-0.15, -0.1) is 0 Å². The number of allylic oxidation sites excluding steroid dienone is 4. The van der Waals surface area contributed by atoms with Crippen LogP contribution in [-0.2, 0) is 9.78 Å². The van der Waals surface area contributed by atoms with Crippen molar-refractivity contribution < 1.29 is 14.9 Å². The zero-order chi connectivity index (χ0) is 17.7. The molecule has 0 heterocycles. The van der Waals surface area contributed by atoms with Crippen LogP contribution < -0.4 is 0 Å². The minimum absolute atomic E-state index is 0.423. The van der Waals surface area contributed by atoms with Gasteiger partial charge in [0.1, 0.15) is 0 Å². The van der Waals surface area contributed by atoms with Gasteiger partial charge < -0.3 is 5.11 Å². The maximum Gasteiger partial charge on any atom is 0.188 e. The van der Waals surface area contributed by atoms with Crippen molar-refractivity contribution in [2.75, 3.05) is 6.61 Å². The third-order valence-corrected chi connectivity index (χ3v) is 3.90. The Morgan fingerprint density at radius 1 is 0.870 bits per heavy atom. The Morgan fingerprint density at radius 2 is 1.39 bits per heavy atom. The fourth-order valence-electron chi connectivity index (χ4n) is 2.33. The molecule has 3 unspecified atom stereocenters. The molecule has 0 radical (unpaired) electrons. The van der Waals surface area contributed by atoms with Crippen molar-refractivity contribution in [1.82, 2.24) is 0 Å². The molecule has 0 aliphatic carbocycles. The van der Waals surface area contributed by atoms with Crippen molar-refractivity contribution in [1.29, 1.82) is 0 Å². The van der Waals surface area contributed by atoms with E-state index in [-0.39, 0.29) is 0 Å². The number of aliphatic hydroxyl groups excluding tert-OH is 1. The summed E-state index contributed by atoms with van der Waals surface area (Å²) in [6.45, 7) is 13.4. The van der Waals surface area contributed by atoms with E-state index < -0.39 is 6.29 Å². The molecule has 0 fully saturated rings. The van der Waals surface area contributed by atoms with Gasteiger partial charge in [0, 0.05) is 6.42 Å². The molecule has 0 aromatic carbocycles. The molecule has 3 nitrogen and oxygen atoms in total. The standard InChI is InChI=1S/C20H38O3/c1-16(2)9-7-11-18(5)13-14-22-23-20(21)15-19(6)12-8-10-17(3)4/h9-10,18-21H,7-8,11-15H2,1-6H3. The summed E-state index contributed by atoms with van der Waals surface area (Å²) >= 11 is 0. The molecule has 0 saturated heterocycles. The Morgan fingerprint density at radius 3 is 1.91 bits per heavy atom. The minimum Gasteiger partial charge on any atom is -0.366 e. The lowest BCUT2D eigenvalue weighted by molar-refractivity contribution is -0.373. The fourth-order valence-corrected chi connectivity index (χ4v) is 2.33. The Kier molecular flexibility index (Phi) is 13.4. The SMILES string of the molecule is CC(C)=CCCC(C)CCOOC(O)CC(C)CCC=C(C)C. The molecule has 3 heteroatoms. The van der Waals surface area contributed by atoms with Crippen LogP contribution in [0.2, 0.25) is 0 Å². The van der Waals surface area contributed by atoms with Crippen molar-refractivity contribution in [2.45, 2.75) is 86.4 Å². The van der Waals surface area contributed by atoms with Gasteiger partial charge in [-0.2, -0.15) is 0 Å². The third-order valence-electron chi connectivity index (χ3n) is 3.90. The van der Waals surface area contributed by atoms with Crippen LogP contribution in [0.25, 0.3) is 0 Å². The second-order valence-electron chi connectivity index (χ2n) is 7.33. The maximum absolute atomic E-state index is 9.83. The molecule has 0 aliphatic heterocycles. The Labute approximate surface area is 143 Å². The monoisotopic (exact) mass is 326 g/mol. The number of aliphatic hydroxyl groups is 1. The van der Waals surface area contributed by atoms with Gasteiger partial charge in [0.15, 0.2) is 6.29 Å². The van der Waals surface area contributed by atoms with Crippen LogP contribution in [0.1, 0.15) is 80.1 Å². The van der Waals surface area contributed by atoms with E-state index in [2.05, 4.69) is 53.7 Å². The first-order valence-electron chi connectivity index (χ1n) is 9.04. The maximum atomic E-state index is 9.83. The Bertz CT molecular complexity index is 339. The predicted molar refractivity (Wildman–Crippen MR) is 97.9 cm³/mol. The first-order chi connectivity index (χ1) is 10.8. The predicted octanol–water partition coefficient (Wildman–Crippen LogP) is 5.80. The van der Waals surface area contributed by atoms with Gasteiger partial charge in [-0.25, -0.2) is 9.78 Å². The van der Waals surface area contributed by atoms with Crippen molar-refractivity contribution in [3.63, 3.8) is 0 Å². The average Bonchev–Trinajstić information content (AvgIpc) is 2.42. The summed E-state index contributed by atoms with van der Waals surface area (Å²) < 4.78 is 0.